The van der Waals surface area contributed by atoms with E-state index in [1.54, 1.807) is 6.33 Å². The number of aromatic amines is 1. The molecule has 1 N–H and O–H groups in total. The van der Waals surface area contributed by atoms with Gasteiger partial charge >= 0.3 is 0 Å². The third-order valence-electron chi connectivity index (χ3n) is 2.56. The molecule has 5 nitrogen and oxygen atoms in total. The second-order valence-corrected chi connectivity index (χ2v) is 4.82. The first-order chi connectivity index (χ1) is 8.58. The van der Waals surface area contributed by atoms with Gasteiger partial charge in [0.1, 0.15) is 12.0 Å². The maximum absolute atomic E-state index is 4.43. The van der Waals surface area contributed by atoms with Crippen molar-refractivity contribution >= 4 is 16.6 Å². The molecular weight excluding hydrogens is 226 g/mol. The average Bonchev–Trinajstić information content (AvgIpc) is 2.74. The Morgan fingerprint density at radius 3 is 2.72 bits per heavy atom. The summed E-state index contributed by atoms with van der Waals surface area (Å²) in [5.74, 6) is 0. The molecule has 0 amide bonds. The van der Waals surface area contributed by atoms with Crippen LogP contribution in [0.3, 0.4) is 0 Å². The molecule has 0 spiro atoms. The molecule has 0 saturated heterocycles. The first kappa shape index (κ1) is 12.6. The summed E-state index contributed by atoms with van der Waals surface area (Å²) >= 11 is 0. The lowest BCUT2D eigenvalue weighted by atomic mass is 10.1. The molecule has 0 aliphatic carbocycles. The summed E-state index contributed by atoms with van der Waals surface area (Å²) in [5.41, 5.74) is 3.05. The van der Waals surface area contributed by atoms with Crippen LogP contribution < -0.4 is 0 Å². The number of hydrogen-bond donors (Lipinski definition) is 1. The van der Waals surface area contributed by atoms with Crippen molar-refractivity contribution in [3.05, 3.63) is 30.5 Å². The van der Waals surface area contributed by atoms with Crippen LogP contribution in [-0.4, -0.2) is 59.5 Å². The maximum Gasteiger partial charge on any atom is 0.141 e. The summed E-state index contributed by atoms with van der Waals surface area (Å²) in [7, 11) is 8.15. The molecule has 0 atom stereocenters. The van der Waals surface area contributed by atoms with Crippen molar-refractivity contribution in [3.8, 4) is 0 Å². The second-order valence-electron chi connectivity index (χ2n) is 4.82. The van der Waals surface area contributed by atoms with E-state index in [0.29, 0.717) is 0 Å². The van der Waals surface area contributed by atoms with E-state index in [1.807, 2.05) is 31.3 Å². The van der Waals surface area contributed by atoms with E-state index in [2.05, 4.69) is 40.1 Å². The minimum Gasteiger partial charge on any atom is -0.383 e. The summed E-state index contributed by atoms with van der Waals surface area (Å²) in [4.78, 5) is 15.9. The van der Waals surface area contributed by atoms with E-state index in [-0.39, 0.29) is 0 Å². The molecule has 2 heterocycles. The first-order valence-electron chi connectivity index (χ1n) is 5.88. The number of aromatic nitrogens is 3. The summed E-state index contributed by atoms with van der Waals surface area (Å²) in [6.07, 6.45) is 5.61. The largest absolute Gasteiger partial charge is 0.383 e. The molecule has 0 radical (unpaired) electrons. The molecule has 0 aliphatic heterocycles. The monoisotopic (exact) mass is 245 g/mol. The van der Waals surface area contributed by atoms with E-state index in [4.69, 9.17) is 0 Å². The van der Waals surface area contributed by atoms with Gasteiger partial charge in [0.2, 0.25) is 0 Å². The predicted octanol–water partition coefficient (Wildman–Crippen LogP) is 1.42. The van der Waals surface area contributed by atoms with Gasteiger partial charge in [0.15, 0.2) is 0 Å². The molecule has 0 aromatic carbocycles. The normalized spacial score (nSPS) is 12.4. The van der Waals surface area contributed by atoms with E-state index in [9.17, 15) is 0 Å². The lowest BCUT2D eigenvalue weighted by molar-refractivity contribution is 0.458. The molecule has 18 heavy (non-hydrogen) atoms. The van der Waals surface area contributed by atoms with Crippen LogP contribution in [0.2, 0.25) is 0 Å². The van der Waals surface area contributed by atoms with Crippen molar-refractivity contribution in [1.29, 1.82) is 0 Å². The van der Waals surface area contributed by atoms with E-state index < -0.39 is 0 Å². The van der Waals surface area contributed by atoms with Gasteiger partial charge in [-0.25, -0.2) is 9.97 Å². The Hall–Kier alpha value is -1.88. The minimum absolute atomic E-state index is 0.843. The number of likely N-dealkylation sites (N-methyl/N-ethyl adjacent to an activating group) is 1. The van der Waals surface area contributed by atoms with Gasteiger partial charge in [-0.2, -0.15) is 0 Å². The third-order valence-corrected chi connectivity index (χ3v) is 2.56. The van der Waals surface area contributed by atoms with Crippen molar-refractivity contribution in [3.63, 3.8) is 0 Å². The van der Waals surface area contributed by atoms with Gasteiger partial charge in [-0.3, -0.25) is 0 Å². The summed E-state index contributed by atoms with van der Waals surface area (Å²) < 4.78 is 0. The van der Waals surface area contributed by atoms with E-state index in [1.165, 1.54) is 5.57 Å². The number of fused-ring (bicyclic) bond motifs is 1. The highest BCUT2D eigenvalue weighted by molar-refractivity contribution is 5.88. The van der Waals surface area contributed by atoms with Gasteiger partial charge in [0, 0.05) is 44.0 Å². The zero-order valence-electron chi connectivity index (χ0n) is 11.3. The Morgan fingerprint density at radius 1 is 1.28 bits per heavy atom. The molecule has 5 heteroatoms. The van der Waals surface area contributed by atoms with Gasteiger partial charge in [-0.1, -0.05) is 0 Å². The minimum atomic E-state index is 0.843. The zero-order valence-corrected chi connectivity index (χ0v) is 11.3. The van der Waals surface area contributed by atoms with Crippen LogP contribution in [0.4, 0.5) is 0 Å². The SMILES string of the molecule is CN(C)/C=C(/CN(C)C)c1ncnc2[nH]ccc12. The predicted molar refractivity (Wildman–Crippen MR) is 74.1 cm³/mol. The Kier molecular flexibility index (Phi) is 3.62. The fourth-order valence-corrected chi connectivity index (χ4v) is 1.96. The quantitative estimate of drug-likeness (QED) is 0.885. The lowest BCUT2D eigenvalue weighted by Gasteiger charge is -2.16. The van der Waals surface area contributed by atoms with Crippen LogP contribution in [0, 0.1) is 0 Å². The van der Waals surface area contributed by atoms with E-state index >= 15 is 0 Å². The zero-order chi connectivity index (χ0) is 13.1. The topological polar surface area (TPSA) is 48.1 Å². The molecule has 0 saturated carbocycles. The lowest BCUT2D eigenvalue weighted by Crippen LogP contribution is -2.17. The van der Waals surface area contributed by atoms with Crippen LogP contribution in [0.5, 0.6) is 0 Å². The molecule has 2 aromatic heterocycles. The van der Waals surface area contributed by atoms with Gasteiger partial charge in [0.05, 0.1) is 5.69 Å². The van der Waals surface area contributed by atoms with Crippen molar-refractivity contribution in [1.82, 2.24) is 24.8 Å². The van der Waals surface area contributed by atoms with Crippen molar-refractivity contribution in [2.45, 2.75) is 0 Å². The highest BCUT2D eigenvalue weighted by Crippen LogP contribution is 2.21. The van der Waals surface area contributed by atoms with Crippen molar-refractivity contribution in [2.24, 2.45) is 0 Å². The maximum atomic E-state index is 4.43. The Balaban J connectivity index is 2.50. The Labute approximate surface area is 107 Å². The number of H-pyrrole nitrogens is 1. The van der Waals surface area contributed by atoms with Gasteiger partial charge < -0.3 is 14.8 Å². The van der Waals surface area contributed by atoms with Crippen LogP contribution >= 0.6 is 0 Å². The standard InChI is InChI=1S/C13H19N5/c1-17(2)7-10(8-18(3)4)12-11-5-6-14-13(11)16-9-15-12/h5-7,9H,8H2,1-4H3,(H,14,15,16)/b10-7-. The van der Waals surface area contributed by atoms with Gasteiger partial charge in [-0.05, 0) is 20.2 Å². The highest BCUT2D eigenvalue weighted by Gasteiger charge is 2.11. The first-order valence-corrected chi connectivity index (χ1v) is 5.88. The van der Waals surface area contributed by atoms with Crippen LogP contribution in [0.15, 0.2) is 24.8 Å². The Bertz CT molecular complexity index is 553. The number of rotatable bonds is 4. The van der Waals surface area contributed by atoms with Crippen LogP contribution in [0.25, 0.3) is 16.6 Å². The number of hydrogen-bond acceptors (Lipinski definition) is 4. The molecular formula is C13H19N5. The molecule has 0 bridgehead atoms. The van der Waals surface area contributed by atoms with Crippen LogP contribution in [0.1, 0.15) is 5.69 Å². The summed E-state index contributed by atoms with van der Waals surface area (Å²) in [6.45, 7) is 0.843. The summed E-state index contributed by atoms with van der Waals surface area (Å²) in [5, 5.41) is 1.06. The number of nitrogens with zero attached hydrogens (tertiary/aromatic N) is 4. The number of nitrogens with one attached hydrogen (secondary N) is 1. The smallest absolute Gasteiger partial charge is 0.141 e. The molecule has 96 valence electrons. The fraction of sp³-hybridized carbons (Fsp3) is 0.385. The summed E-state index contributed by atoms with van der Waals surface area (Å²) in [6, 6.07) is 2.02. The van der Waals surface area contributed by atoms with Gasteiger partial charge in [0.25, 0.3) is 0 Å². The molecule has 0 fully saturated rings. The average molecular weight is 245 g/mol. The Morgan fingerprint density at radius 2 is 2.06 bits per heavy atom. The highest BCUT2D eigenvalue weighted by atomic mass is 15.1. The molecule has 2 rings (SSSR count). The second kappa shape index (κ2) is 5.18. The molecule has 2 aromatic rings. The van der Waals surface area contributed by atoms with Crippen molar-refractivity contribution < 1.29 is 0 Å². The molecule has 0 unspecified atom stereocenters. The van der Waals surface area contributed by atoms with E-state index in [0.717, 1.165) is 23.3 Å². The molecule has 0 aliphatic rings. The van der Waals surface area contributed by atoms with Crippen LogP contribution in [-0.2, 0) is 0 Å². The fourth-order valence-electron chi connectivity index (χ4n) is 1.96. The van der Waals surface area contributed by atoms with Gasteiger partial charge in [-0.15, -0.1) is 0 Å². The third kappa shape index (κ3) is 2.68. The van der Waals surface area contributed by atoms with Crippen molar-refractivity contribution in [2.75, 3.05) is 34.7 Å².